The fourth-order valence-electron chi connectivity index (χ4n) is 2.12. The van der Waals surface area contributed by atoms with Gasteiger partial charge in [-0.25, -0.2) is 13.2 Å². The largest absolute Gasteiger partial charge is 0.204 e. The van der Waals surface area contributed by atoms with E-state index in [4.69, 9.17) is 0 Å². The lowest BCUT2D eigenvalue weighted by Crippen LogP contribution is -2.03. The minimum atomic E-state index is -1.43. The summed E-state index contributed by atoms with van der Waals surface area (Å²) in [6.07, 6.45) is 3.53. The zero-order valence-corrected chi connectivity index (χ0v) is 9.25. The quantitative estimate of drug-likeness (QED) is 0.663. The summed E-state index contributed by atoms with van der Waals surface area (Å²) in [7, 11) is 0. The highest BCUT2D eigenvalue weighted by Gasteiger charge is 2.25. The third-order valence-corrected chi connectivity index (χ3v) is 3.01. The molecule has 0 saturated carbocycles. The molecule has 0 fully saturated rings. The van der Waals surface area contributed by atoms with Crippen LogP contribution in [0.1, 0.15) is 16.7 Å². The van der Waals surface area contributed by atoms with Crippen molar-refractivity contribution in [3.05, 3.63) is 82.5 Å². The van der Waals surface area contributed by atoms with Crippen molar-refractivity contribution < 1.29 is 13.2 Å². The van der Waals surface area contributed by atoms with Gasteiger partial charge in [-0.2, -0.15) is 0 Å². The third kappa shape index (κ3) is 1.55. The van der Waals surface area contributed by atoms with Gasteiger partial charge >= 0.3 is 0 Å². The number of hydrogen-bond donors (Lipinski definition) is 0. The molecule has 0 aliphatic heterocycles. The molecule has 1 aliphatic carbocycles. The molecule has 0 N–H and O–H groups in total. The van der Waals surface area contributed by atoms with Crippen molar-refractivity contribution in [2.24, 2.45) is 0 Å². The van der Waals surface area contributed by atoms with Gasteiger partial charge in [0, 0.05) is 5.56 Å². The molecular weight excluding hydrogens is 237 g/mol. The lowest BCUT2D eigenvalue weighted by Gasteiger charge is -2.12. The molecule has 0 saturated heterocycles. The molecule has 0 aromatic heterocycles. The van der Waals surface area contributed by atoms with Crippen molar-refractivity contribution in [2.75, 3.05) is 0 Å². The van der Waals surface area contributed by atoms with Gasteiger partial charge in [-0.15, -0.1) is 0 Å². The lowest BCUT2D eigenvalue weighted by atomic mass is 9.92. The van der Waals surface area contributed by atoms with E-state index in [0.717, 1.165) is 17.2 Å². The van der Waals surface area contributed by atoms with Crippen LogP contribution in [0, 0.1) is 23.4 Å². The second-order valence-electron chi connectivity index (χ2n) is 4.06. The summed E-state index contributed by atoms with van der Waals surface area (Å²) in [4.78, 5) is 0. The molecule has 2 aromatic carbocycles. The molecular formula is C15H8F3. The Balaban J connectivity index is 2.14. The molecule has 0 heterocycles. The SMILES string of the molecule is Fc1ccc([C]2C=Cc3ccccc32)c(F)c1F. The molecule has 0 amide bonds. The van der Waals surface area contributed by atoms with Crippen LogP contribution in [0.4, 0.5) is 13.2 Å². The Hall–Kier alpha value is -2.03. The maximum Gasteiger partial charge on any atom is 0.194 e. The van der Waals surface area contributed by atoms with Crippen LogP contribution < -0.4 is 0 Å². The van der Waals surface area contributed by atoms with E-state index in [9.17, 15) is 13.2 Å². The van der Waals surface area contributed by atoms with E-state index in [2.05, 4.69) is 0 Å². The van der Waals surface area contributed by atoms with E-state index >= 15 is 0 Å². The highest BCUT2D eigenvalue weighted by atomic mass is 19.2. The number of hydrogen-bond acceptors (Lipinski definition) is 0. The van der Waals surface area contributed by atoms with Crippen LogP contribution in [0.2, 0.25) is 0 Å². The normalized spacial score (nSPS) is 13.9. The third-order valence-electron chi connectivity index (χ3n) is 3.01. The Kier molecular flexibility index (Phi) is 2.47. The van der Waals surface area contributed by atoms with Crippen molar-refractivity contribution in [1.82, 2.24) is 0 Å². The Morgan fingerprint density at radius 2 is 1.44 bits per heavy atom. The molecule has 89 valence electrons. The Labute approximate surface area is 102 Å². The molecule has 2 aromatic rings. The summed E-state index contributed by atoms with van der Waals surface area (Å²) in [5.41, 5.74) is 1.84. The van der Waals surface area contributed by atoms with Gasteiger partial charge in [0.2, 0.25) is 0 Å². The van der Waals surface area contributed by atoms with Gasteiger partial charge in [0.1, 0.15) is 0 Å². The molecule has 3 rings (SSSR count). The van der Waals surface area contributed by atoms with Crippen LogP contribution in [0.25, 0.3) is 6.08 Å². The van der Waals surface area contributed by atoms with Crippen LogP contribution >= 0.6 is 0 Å². The van der Waals surface area contributed by atoms with Crippen LogP contribution in [-0.2, 0) is 0 Å². The number of allylic oxidation sites excluding steroid dienone is 1. The number of halogens is 3. The van der Waals surface area contributed by atoms with E-state index in [-0.39, 0.29) is 5.56 Å². The smallest absolute Gasteiger partial charge is 0.194 e. The summed E-state index contributed by atoms with van der Waals surface area (Å²) in [6.45, 7) is 0. The van der Waals surface area contributed by atoms with Gasteiger partial charge in [-0.3, -0.25) is 0 Å². The molecule has 0 nitrogen and oxygen atoms in total. The van der Waals surface area contributed by atoms with Crippen molar-refractivity contribution in [1.29, 1.82) is 0 Å². The Bertz CT molecular complexity index is 644. The van der Waals surface area contributed by atoms with Gasteiger partial charge in [0.15, 0.2) is 17.5 Å². The molecule has 0 spiro atoms. The first-order chi connectivity index (χ1) is 8.68. The zero-order chi connectivity index (χ0) is 12.7. The molecule has 0 unspecified atom stereocenters. The van der Waals surface area contributed by atoms with Gasteiger partial charge < -0.3 is 0 Å². The molecule has 1 aliphatic rings. The minimum Gasteiger partial charge on any atom is -0.204 e. The molecule has 3 heteroatoms. The van der Waals surface area contributed by atoms with Gasteiger partial charge in [-0.1, -0.05) is 42.5 Å². The summed E-state index contributed by atoms with van der Waals surface area (Å²) in [5.74, 6) is -3.18. The molecule has 18 heavy (non-hydrogen) atoms. The zero-order valence-electron chi connectivity index (χ0n) is 9.25. The number of fused-ring (bicyclic) bond motifs is 1. The van der Waals surface area contributed by atoms with Crippen LogP contribution in [-0.4, -0.2) is 0 Å². The molecule has 0 bridgehead atoms. The number of rotatable bonds is 1. The highest BCUT2D eigenvalue weighted by Crippen LogP contribution is 2.36. The first-order valence-corrected chi connectivity index (χ1v) is 5.47. The van der Waals surface area contributed by atoms with E-state index in [1.165, 1.54) is 6.07 Å². The van der Waals surface area contributed by atoms with Crippen molar-refractivity contribution >= 4 is 6.08 Å². The van der Waals surface area contributed by atoms with Crippen molar-refractivity contribution in [3.8, 4) is 0 Å². The minimum absolute atomic E-state index is 0.0788. The predicted molar refractivity (Wildman–Crippen MR) is 63.2 cm³/mol. The fraction of sp³-hybridized carbons (Fsp3) is 0. The van der Waals surface area contributed by atoms with Crippen LogP contribution in [0.3, 0.4) is 0 Å². The summed E-state index contributed by atoms with van der Waals surface area (Å²) >= 11 is 0. The Morgan fingerprint density at radius 1 is 0.667 bits per heavy atom. The second-order valence-corrected chi connectivity index (χ2v) is 4.06. The Morgan fingerprint density at radius 3 is 2.28 bits per heavy atom. The lowest BCUT2D eigenvalue weighted by molar-refractivity contribution is 0.443. The number of benzene rings is 2. The van der Waals surface area contributed by atoms with Crippen LogP contribution in [0.5, 0.6) is 0 Å². The standard InChI is InChI=1S/C15H8F3/c16-13-8-7-12(14(17)15(13)18)11-6-5-9-3-1-2-4-10(9)11/h1-8H. The predicted octanol–water partition coefficient (Wildman–Crippen LogP) is 4.10. The second kappa shape index (κ2) is 4.02. The molecule has 1 radical (unpaired) electrons. The average molecular weight is 245 g/mol. The van der Waals surface area contributed by atoms with Gasteiger partial charge in [0.05, 0.1) is 5.92 Å². The average Bonchev–Trinajstić information content (AvgIpc) is 2.80. The fourth-order valence-corrected chi connectivity index (χ4v) is 2.12. The van der Waals surface area contributed by atoms with Gasteiger partial charge in [-0.05, 0) is 17.2 Å². The first kappa shape index (κ1) is 11.1. The maximum atomic E-state index is 13.7. The van der Waals surface area contributed by atoms with E-state index in [1.54, 1.807) is 6.08 Å². The highest BCUT2D eigenvalue weighted by molar-refractivity contribution is 5.73. The van der Waals surface area contributed by atoms with E-state index in [1.807, 2.05) is 30.3 Å². The van der Waals surface area contributed by atoms with Crippen molar-refractivity contribution in [2.45, 2.75) is 0 Å². The summed E-state index contributed by atoms with van der Waals surface area (Å²) in [5, 5.41) is 0. The van der Waals surface area contributed by atoms with E-state index < -0.39 is 17.5 Å². The summed E-state index contributed by atoms with van der Waals surface area (Å²) < 4.78 is 39.9. The van der Waals surface area contributed by atoms with E-state index in [0.29, 0.717) is 5.92 Å². The van der Waals surface area contributed by atoms with Gasteiger partial charge in [0.25, 0.3) is 0 Å². The monoisotopic (exact) mass is 245 g/mol. The first-order valence-electron chi connectivity index (χ1n) is 5.47. The maximum absolute atomic E-state index is 13.7. The van der Waals surface area contributed by atoms with Crippen LogP contribution in [0.15, 0.2) is 42.5 Å². The van der Waals surface area contributed by atoms with Crippen molar-refractivity contribution in [3.63, 3.8) is 0 Å². The molecule has 0 atom stereocenters. The topological polar surface area (TPSA) is 0 Å². The summed E-state index contributed by atoms with van der Waals surface area (Å²) in [6, 6.07) is 9.60.